The van der Waals surface area contributed by atoms with Crippen molar-refractivity contribution in [1.29, 1.82) is 0 Å². The largest absolute Gasteiger partial charge is 0.451 e. The molecule has 166 valence electrons. The third kappa shape index (κ3) is 3.20. The van der Waals surface area contributed by atoms with E-state index in [0.717, 1.165) is 0 Å². The van der Waals surface area contributed by atoms with Gasteiger partial charge in [-0.25, -0.2) is 9.07 Å². The highest BCUT2D eigenvalue weighted by molar-refractivity contribution is 6.05. The first-order valence-electron chi connectivity index (χ1n) is 10.3. The maximum absolute atomic E-state index is 13.6. The van der Waals surface area contributed by atoms with E-state index in [-0.39, 0.29) is 47.5 Å². The molecule has 5 rings (SSSR count). The molecule has 0 unspecified atom stereocenters. The van der Waals surface area contributed by atoms with E-state index in [1.165, 1.54) is 22.9 Å². The second-order valence-corrected chi connectivity index (χ2v) is 8.23. The lowest BCUT2D eigenvalue weighted by atomic mass is 10.1. The van der Waals surface area contributed by atoms with Crippen LogP contribution in [-0.4, -0.2) is 63.3 Å². The number of aryl methyl sites for hydroxylation is 1. The summed E-state index contributed by atoms with van der Waals surface area (Å²) in [4.78, 5) is 39.6. The van der Waals surface area contributed by atoms with Gasteiger partial charge in [0.1, 0.15) is 11.4 Å². The highest BCUT2D eigenvalue weighted by Gasteiger charge is 2.37. The molecule has 2 atom stereocenters. The smallest absolute Gasteiger partial charge is 0.289 e. The number of aromatic nitrogens is 3. The van der Waals surface area contributed by atoms with Crippen LogP contribution < -0.4 is 10.6 Å². The topological polar surface area (TPSA) is 122 Å². The van der Waals surface area contributed by atoms with Gasteiger partial charge in [0.05, 0.1) is 12.6 Å². The van der Waals surface area contributed by atoms with Crippen molar-refractivity contribution in [2.24, 2.45) is 5.92 Å². The van der Waals surface area contributed by atoms with Crippen molar-refractivity contribution in [3.05, 3.63) is 46.7 Å². The molecule has 3 aromatic rings. The zero-order valence-electron chi connectivity index (χ0n) is 17.5. The number of benzene rings is 1. The molecule has 2 N–H and O–H groups in total. The lowest BCUT2D eigenvalue weighted by molar-refractivity contribution is 0.0751. The molecular weight excluding hydrogens is 419 g/mol. The Morgan fingerprint density at radius 1 is 1.31 bits per heavy atom. The number of hydrogen-bond donors (Lipinski definition) is 2. The second kappa shape index (κ2) is 7.43. The molecule has 2 aliphatic heterocycles. The van der Waals surface area contributed by atoms with Crippen LogP contribution in [-0.2, 0) is 6.54 Å². The van der Waals surface area contributed by atoms with Gasteiger partial charge in [0.25, 0.3) is 17.7 Å². The van der Waals surface area contributed by atoms with Gasteiger partial charge < -0.3 is 20.0 Å². The zero-order chi connectivity index (χ0) is 22.6. The van der Waals surface area contributed by atoms with Crippen LogP contribution >= 0.6 is 0 Å². The maximum Gasteiger partial charge on any atom is 0.289 e. The molecule has 0 saturated carbocycles. The fraction of sp³-hybridized carbons (Fsp3) is 0.381. The normalized spacial score (nSPS) is 20.3. The summed E-state index contributed by atoms with van der Waals surface area (Å²) in [6.07, 6.45) is 0. The van der Waals surface area contributed by atoms with Gasteiger partial charge in [0.2, 0.25) is 0 Å². The maximum atomic E-state index is 13.6. The predicted octanol–water partition coefficient (Wildman–Crippen LogP) is 1.11. The van der Waals surface area contributed by atoms with E-state index < -0.39 is 11.7 Å². The van der Waals surface area contributed by atoms with E-state index in [4.69, 9.17) is 4.42 Å². The van der Waals surface area contributed by atoms with Crippen molar-refractivity contribution in [3.63, 3.8) is 0 Å². The molecule has 0 bridgehead atoms. The Bertz CT molecular complexity index is 1260. The molecule has 4 heterocycles. The van der Waals surface area contributed by atoms with Crippen LogP contribution in [0.25, 0.3) is 11.0 Å². The van der Waals surface area contributed by atoms with Gasteiger partial charge in [0, 0.05) is 30.6 Å². The van der Waals surface area contributed by atoms with Crippen molar-refractivity contribution >= 4 is 28.7 Å². The molecule has 2 aliphatic rings. The van der Waals surface area contributed by atoms with Crippen molar-refractivity contribution in [3.8, 4) is 0 Å². The number of nitrogens with one attached hydrogen (secondary N) is 2. The molecule has 2 aromatic heterocycles. The molecule has 1 fully saturated rings. The van der Waals surface area contributed by atoms with E-state index in [9.17, 15) is 18.8 Å². The summed E-state index contributed by atoms with van der Waals surface area (Å²) >= 11 is 0. The van der Waals surface area contributed by atoms with Crippen molar-refractivity contribution < 1.29 is 23.2 Å². The Hall–Kier alpha value is -3.76. The molecule has 1 saturated heterocycles. The van der Waals surface area contributed by atoms with E-state index in [1.807, 2.05) is 6.92 Å². The van der Waals surface area contributed by atoms with Gasteiger partial charge in [-0.2, -0.15) is 0 Å². The number of furan rings is 1. The number of carbonyl (C=O) groups excluding carboxylic acids is 3. The highest BCUT2D eigenvalue weighted by Crippen LogP contribution is 2.28. The van der Waals surface area contributed by atoms with Crippen molar-refractivity contribution in [2.45, 2.75) is 26.4 Å². The third-order valence-electron chi connectivity index (χ3n) is 6.08. The number of amides is 3. The Morgan fingerprint density at radius 3 is 2.94 bits per heavy atom. The first kappa shape index (κ1) is 20.2. The van der Waals surface area contributed by atoms with Gasteiger partial charge in [0.15, 0.2) is 17.1 Å². The fourth-order valence-electron chi connectivity index (χ4n) is 4.30. The number of rotatable bonds is 3. The van der Waals surface area contributed by atoms with Crippen LogP contribution in [0.5, 0.6) is 0 Å². The van der Waals surface area contributed by atoms with E-state index in [1.54, 1.807) is 11.8 Å². The minimum absolute atomic E-state index is 0.0330. The number of likely N-dealkylation sites (tertiary alicyclic amines) is 1. The summed E-state index contributed by atoms with van der Waals surface area (Å²) in [6.45, 7) is 5.20. The van der Waals surface area contributed by atoms with Crippen molar-refractivity contribution in [1.82, 2.24) is 30.5 Å². The quantitative estimate of drug-likeness (QED) is 0.629. The zero-order valence-corrected chi connectivity index (χ0v) is 17.5. The van der Waals surface area contributed by atoms with Gasteiger partial charge >= 0.3 is 0 Å². The molecule has 0 spiro atoms. The summed E-state index contributed by atoms with van der Waals surface area (Å²) in [5.41, 5.74) is 1.12. The molecule has 10 nitrogen and oxygen atoms in total. The van der Waals surface area contributed by atoms with Crippen LogP contribution in [0.1, 0.15) is 44.0 Å². The molecule has 1 aromatic carbocycles. The minimum atomic E-state index is -0.509. The number of fused-ring (bicyclic) bond motifs is 2. The Balaban J connectivity index is 1.33. The summed E-state index contributed by atoms with van der Waals surface area (Å²) in [5, 5.41) is 13.9. The van der Waals surface area contributed by atoms with E-state index in [2.05, 4.69) is 20.9 Å². The first-order valence-corrected chi connectivity index (χ1v) is 10.3. The predicted molar refractivity (Wildman–Crippen MR) is 110 cm³/mol. The van der Waals surface area contributed by atoms with Crippen molar-refractivity contribution in [2.75, 3.05) is 19.6 Å². The fourth-order valence-corrected chi connectivity index (χ4v) is 4.30. The lowest BCUT2D eigenvalue weighted by Gasteiger charge is -2.17. The highest BCUT2D eigenvalue weighted by atomic mass is 19.1. The average Bonchev–Trinajstić information content (AvgIpc) is 3.45. The molecule has 11 heteroatoms. The summed E-state index contributed by atoms with van der Waals surface area (Å²) < 4.78 is 20.7. The first-order chi connectivity index (χ1) is 15.3. The lowest BCUT2D eigenvalue weighted by Crippen LogP contribution is -2.42. The Morgan fingerprint density at radius 2 is 2.12 bits per heavy atom. The molecule has 32 heavy (non-hydrogen) atoms. The Kier molecular flexibility index (Phi) is 4.68. The number of halogens is 1. The SMILES string of the molecule is Cc1c(C(=O)N2C[C@@H](C)[C@@H](NC(=O)c3nnn4c3C(=O)NCC4)C2)oc2ccc(F)cc12. The van der Waals surface area contributed by atoms with Gasteiger partial charge in [-0.15, -0.1) is 5.10 Å². The average molecular weight is 440 g/mol. The van der Waals surface area contributed by atoms with Crippen LogP contribution in [0.15, 0.2) is 22.6 Å². The molecule has 3 amide bonds. The monoisotopic (exact) mass is 440 g/mol. The molecule has 0 aliphatic carbocycles. The van der Waals surface area contributed by atoms with Crippen LogP contribution in [0, 0.1) is 18.7 Å². The summed E-state index contributed by atoms with van der Waals surface area (Å²) in [6, 6.07) is 3.79. The van der Waals surface area contributed by atoms with Gasteiger partial charge in [-0.05, 0) is 31.0 Å². The standard InChI is InChI=1S/C21H21FN6O4/c1-10-8-27(21(31)18-11(2)13-7-12(22)3-4-15(13)32-18)9-14(10)24-19(29)16-17-20(30)23-5-6-28(17)26-25-16/h3-4,7,10,14H,5-6,8-9H2,1-2H3,(H,23,30)(H,24,29)/t10-,14+/m1/s1. The van der Waals surface area contributed by atoms with Gasteiger partial charge in [-0.3, -0.25) is 14.4 Å². The van der Waals surface area contributed by atoms with Crippen LogP contribution in [0.4, 0.5) is 4.39 Å². The van der Waals surface area contributed by atoms with E-state index in [0.29, 0.717) is 36.2 Å². The number of hydrogen-bond acceptors (Lipinski definition) is 6. The summed E-state index contributed by atoms with van der Waals surface area (Å²) in [7, 11) is 0. The van der Waals surface area contributed by atoms with Crippen LogP contribution in [0.3, 0.4) is 0 Å². The van der Waals surface area contributed by atoms with Crippen LogP contribution in [0.2, 0.25) is 0 Å². The third-order valence-corrected chi connectivity index (χ3v) is 6.08. The minimum Gasteiger partial charge on any atom is -0.451 e. The molecule has 0 radical (unpaired) electrons. The second-order valence-electron chi connectivity index (χ2n) is 8.23. The number of carbonyl (C=O) groups is 3. The Labute approximate surface area is 181 Å². The summed E-state index contributed by atoms with van der Waals surface area (Å²) in [5.74, 6) is -1.49. The number of nitrogens with zero attached hydrogens (tertiary/aromatic N) is 4. The van der Waals surface area contributed by atoms with Gasteiger partial charge in [-0.1, -0.05) is 12.1 Å². The molecular formula is C21H21FN6O4. The van der Waals surface area contributed by atoms with E-state index >= 15 is 0 Å².